The monoisotopic (exact) mass is 212 g/mol. The van der Waals surface area contributed by atoms with Crippen LogP contribution in [0.15, 0.2) is 24.8 Å². The summed E-state index contributed by atoms with van der Waals surface area (Å²) in [7, 11) is 0. The van der Waals surface area contributed by atoms with Gasteiger partial charge in [-0.05, 0) is 26.7 Å². The third-order valence-electron chi connectivity index (χ3n) is 1.75. The summed E-state index contributed by atoms with van der Waals surface area (Å²) in [5.74, 6) is -0.364. The molecular weight excluding hydrogens is 192 g/mol. The summed E-state index contributed by atoms with van der Waals surface area (Å²) in [5.41, 5.74) is 0.411. The third-order valence-corrected chi connectivity index (χ3v) is 1.75. The normalized spacial score (nSPS) is 11.9. The topological polar surface area (TPSA) is 35.5 Å². The number of hydrogen-bond acceptors (Lipinski definition) is 3. The van der Waals surface area contributed by atoms with E-state index in [1.165, 1.54) is 0 Å². The van der Waals surface area contributed by atoms with Crippen LogP contribution in [0.5, 0.6) is 0 Å². The Labute approximate surface area is 91.8 Å². The van der Waals surface area contributed by atoms with E-state index in [9.17, 15) is 4.79 Å². The fourth-order valence-corrected chi connectivity index (χ4v) is 0.877. The molecule has 86 valence electrons. The van der Waals surface area contributed by atoms with Crippen LogP contribution in [0.25, 0.3) is 0 Å². The molecule has 0 radical (unpaired) electrons. The molecule has 0 fully saturated rings. The van der Waals surface area contributed by atoms with Crippen molar-refractivity contribution in [3.05, 3.63) is 24.8 Å². The van der Waals surface area contributed by atoms with Crippen LogP contribution in [-0.2, 0) is 14.3 Å². The van der Waals surface area contributed by atoms with Crippen LogP contribution in [0.4, 0.5) is 0 Å². The Bertz CT molecular complexity index is 221. The van der Waals surface area contributed by atoms with Crippen molar-refractivity contribution in [1.29, 1.82) is 0 Å². The van der Waals surface area contributed by atoms with Gasteiger partial charge in [0.25, 0.3) is 0 Å². The van der Waals surface area contributed by atoms with Crippen LogP contribution in [0, 0.1) is 0 Å². The fourth-order valence-electron chi connectivity index (χ4n) is 0.877. The molecule has 1 atom stereocenters. The van der Waals surface area contributed by atoms with Gasteiger partial charge in [-0.25, -0.2) is 4.79 Å². The molecule has 0 spiro atoms. The highest BCUT2D eigenvalue weighted by Gasteiger charge is 2.07. The van der Waals surface area contributed by atoms with Gasteiger partial charge in [0.2, 0.25) is 0 Å². The van der Waals surface area contributed by atoms with Gasteiger partial charge in [-0.2, -0.15) is 0 Å². The number of unbranched alkanes of at least 4 members (excludes halogenated alkanes) is 1. The Morgan fingerprint density at radius 1 is 1.53 bits per heavy atom. The van der Waals surface area contributed by atoms with Gasteiger partial charge in [0.15, 0.2) is 0 Å². The van der Waals surface area contributed by atoms with Gasteiger partial charge in [0.1, 0.15) is 6.61 Å². The van der Waals surface area contributed by atoms with E-state index in [4.69, 9.17) is 9.47 Å². The number of ether oxygens (including phenoxy) is 2. The largest absolute Gasteiger partial charge is 0.460 e. The molecule has 0 bridgehead atoms. The quantitative estimate of drug-likeness (QED) is 0.268. The van der Waals surface area contributed by atoms with Crippen molar-refractivity contribution in [1.82, 2.24) is 0 Å². The number of carbonyl (C=O) groups excluding carboxylic acids is 1. The van der Waals surface area contributed by atoms with Gasteiger partial charge in [-0.1, -0.05) is 12.7 Å². The minimum Gasteiger partial charge on any atom is -0.460 e. The summed E-state index contributed by atoms with van der Waals surface area (Å²) in [6.07, 6.45) is 3.67. The van der Waals surface area contributed by atoms with Crippen LogP contribution in [0.1, 0.15) is 26.7 Å². The maximum absolute atomic E-state index is 11.0. The minimum atomic E-state index is -0.364. The molecule has 0 aliphatic rings. The van der Waals surface area contributed by atoms with Crippen molar-refractivity contribution in [3.63, 3.8) is 0 Å². The average molecular weight is 212 g/mol. The SMILES string of the molecule is C=CCCCOC(C)COC(=O)C(=C)C. The molecule has 0 aliphatic carbocycles. The maximum Gasteiger partial charge on any atom is 0.333 e. The Morgan fingerprint density at radius 3 is 2.73 bits per heavy atom. The molecule has 0 aromatic carbocycles. The lowest BCUT2D eigenvalue weighted by molar-refractivity contribution is -0.142. The molecule has 0 rings (SSSR count). The predicted octanol–water partition coefficient (Wildman–Crippen LogP) is 2.48. The highest BCUT2D eigenvalue weighted by atomic mass is 16.6. The molecule has 3 nitrogen and oxygen atoms in total. The van der Waals surface area contributed by atoms with Crippen LogP contribution in [0.2, 0.25) is 0 Å². The maximum atomic E-state index is 11.0. The number of allylic oxidation sites excluding steroid dienone is 1. The van der Waals surface area contributed by atoms with E-state index in [1.54, 1.807) is 6.92 Å². The number of esters is 1. The Hall–Kier alpha value is -1.09. The lowest BCUT2D eigenvalue weighted by Gasteiger charge is -2.12. The number of rotatable bonds is 8. The van der Waals surface area contributed by atoms with Gasteiger partial charge in [0.05, 0.1) is 6.10 Å². The molecule has 0 heterocycles. The van der Waals surface area contributed by atoms with Crippen LogP contribution in [0.3, 0.4) is 0 Å². The summed E-state index contributed by atoms with van der Waals surface area (Å²) in [4.78, 5) is 11.0. The van der Waals surface area contributed by atoms with Gasteiger partial charge >= 0.3 is 5.97 Å². The molecule has 0 aromatic rings. The molecule has 0 N–H and O–H groups in total. The van der Waals surface area contributed by atoms with Crippen LogP contribution >= 0.6 is 0 Å². The van der Waals surface area contributed by atoms with Crippen molar-refractivity contribution < 1.29 is 14.3 Å². The van der Waals surface area contributed by atoms with Crippen molar-refractivity contribution >= 4 is 5.97 Å². The zero-order valence-corrected chi connectivity index (χ0v) is 9.62. The van der Waals surface area contributed by atoms with Gasteiger partial charge in [0, 0.05) is 12.2 Å². The van der Waals surface area contributed by atoms with Crippen molar-refractivity contribution in [2.24, 2.45) is 0 Å². The molecule has 1 unspecified atom stereocenters. The zero-order valence-electron chi connectivity index (χ0n) is 9.62. The first-order valence-corrected chi connectivity index (χ1v) is 5.13. The van der Waals surface area contributed by atoms with Gasteiger partial charge in [-0.3, -0.25) is 0 Å². The van der Waals surface area contributed by atoms with Crippen molar-refractivity contribution in [2.75, 3.05) is 13.2 Å². The van der Waals surface area contributed by atoms with Gasteiger partial charge in [-0.15, -0.1) is 6.58 Å². The van der Waals surface area contributed by atoms with Crippen molar-refractivity contribution in [2.45, 2.75) is 32.8 Å². The van der Waals surface area contributed by atoms with E-state index in [-0.39, 0.29) is 18.7 Å². The summed E-state index contributed by atoms with van der Waals surface area (Å²) in [5, 5.41) is 0. The van der Waals surface area contributed by atoms with E-state index in [2.05, 4.69) is 13.2 Å². The Balaban J connectivity index is 3.48. The van der Waals surface area contributed by atoms with Crippen LogP contribution < -0.4 is 0 Å². The second kappa shape index (κ2) is 8.24. The average Bonchev–Trinajstić information content (AvgIpc) is 2.20. The summed E-state index contributed by atoms with van der Waals surface area (Å²) in [6, 6.07) is 0. The lowest BCUT2D eigenvalue weighted by atomic mass is 10.3. The smallest absolute Gasteiger partial charge is 0.333 e. The van der Waals surface area contributed by atoms with E-state index in [0.717, 1.165) is 12.8 Å². The first-order chi connectivity index (χ1) is 7.07. The summed E-state index contributed by atoms with van der Waals surface area (Å²) in [6.45, 7) is 11.6. The standard InChI is InChI=1S/C12H20O3/c1-5-6-7-8-14-11(4)9-15-12(13)10(2)3/h5,11H,1-2,6-9H2,3-4H3. The summed E-state index contributed by atoms with van der Waals surface area (Å²) < 4.78 is 10.4. The molecule has 0 saturated heterocycles. The highest BCUT2D eigenvalue weighted by Crippen LogP contribution is 1.99. The van der Waals surface area contributed by atoms with E-state index in [1.807, 2.05) is 13.0 Å². The van der Waals surface area contributed by atoms with Crippen LogP contribution in [-0.4, -0.2) is 25.3 Å². The predicted molar refractivity (Wildman–Crippen MR) is 60.6 cm³/mol. The summed E-state index contributed by atoms with van der Waals surface area (Å²) >= 11 is 0. The van der Waals surface area contributed by atoms with Crippen molar-refractivity contribution in [3.8, 4) is 0 Å². The number of hydrogen-bond donors (Lipinski definition) is 0. The Kier molecular flexibility index (Phi) is 7.64. The lowest BCUT2D eigenvalue weighted by Crippen LogP contribution is -2.19. The fraction of sp³-hybridized carbons (Fsp3) is 0.583. The zero-order chi connectivity index (χ0) is 11.7. The molecule has 0 aliphatic heterocycles. The number of carbonyl (C=O) groups is 1. The molecular formula is C12H20O3. The van der Waals surface area contributed by atoms with E-state index >= 15 is 0 Å². The molecule has 0 saturated carbocycles. The molecule has 0 aromatic heterocycles. The molecule has 15 heavy (non-hydrogen) atoms. The first-order valence-electron chi connectivity index (χ1n) is 5.13. The van der Waals surface area contributed by atoms with E-state index in [0.29, 0.717) is 12.2 Å². The third kappa shape index (κ3) is 7.94. The highest BCUT2D eigenvalue weighted by molar-refractivity contribution is 5.86. The van der Waals surface area contributed by atoms with Gasteiger partial charge < -0.3 is 9.47 Å². The second-order valence-electron chi connectivity index (χ2n) is 3.49. The first kappa shape index (κ1) is 13.9. The molecule has 3 heteroatoms. The van der Waals surface area contributed by atoms with E-state index < -0.39 is 0 Å². The Morgan fingerprint density at radius 2 is 2.20 bits per heavy atom. The molecule has 0 amide bonds. The second-order valence-corrected chi connectivity index (χ2v) is 3.49. The minimum absolute atomic E-state index is 0.0712.